The maximum Gasteiger partial charge on any atom is 0.338 e. The lowest BCUT2D eigenvalue weighted by Crippen LogP contribution is -2.24. The van der Waals surface area contributed by atoms with Crippen molar-refractivity contribution < 1.29 is 24.4 Å². The van der Waals surface area contributed by atoms with E-state index in [9.17, 15) is 19.7 Å². The third-order valence-electron chi connectivity index (χ3n) is 3.36. The van der Waals surface area contributed by atoms with Crippen LogP contribution in [0.15, 0.2) is 30.6 Å². The molecule has 0 saturated heterocycles. The Morgan fingerprint density at radius 3 is 2.76 bits per heavy atom. The highest BCUT2D eigenvalue weighted by Gasteiger charge is 2.22. The summed E-state index contributed by atoms with van der Waals surface area (Å²) in [6, 6.07) is 3.24. The van der Waals surface area contributed by atoms with Crippen LogP contribution in [0.1, 0.15) is 30.2 Å². The molecule has 0 radical (unpaired) electrons. The standard InChI is InChI=1S/C15H16N4O6/c1-3-25-11-4-5-12(13(6-11)19(23)24)17-14(20)9(2)18-8-10(7-16-18)15(21)22/h4-9H,3H2,1-2H3,(H,17,20)(H,21,22). The third kappa shape index (κ3) is 4.10. The fourth-order valence-electron chi connectivity index (χ4n) is 2.04. The highest BCUT2D eigenvalue weighted by Crippen LogP contribution is 2.29. The van der Waals surface area contributed by atoms with Gasteiger partial charge in [0.05, 0.1) is 29.4 Å². The van der Waals surface area contributed by atoms with Crippen LogP contribution < -0.4 is 10.1 Å². The first-order valence-electron chi connectivity index (χ1n) is 7.33. The van der Waals surface area contributed by atoms with Gasteiger partial charge >= 0.3 is 5.97 Å². The molecule has 0 spiro atoms. The van der Waals surface area contributed by atoms with E-state index >= 15 is 0 Å². The summed E-state index contributed by atoms with van der Waals surface area (Å²) < 4.78 is 6.38. The second kappa shape index (κ2) is 7.43. The number of nitro benzene ring substituents is 1. The molecule has 2 rings (SSSR count). The van der Waals surface area contributed by atoms with E-state index in [2.05, 4.69) is 10.4 Å². The second-order valence-electron chi connectivity index (χ2n) is 5.05. The average molecular weight is 348 g/mol. The van der Waals surface area contributed by atoms with Gasteiger partial charge in [0.2, 0.25) is 5.91 Å². The van der Waals surface area contributed by atoms with Gasteiger partial charge in [0, 0.05) is 6.20 Å². The van der Waals surface area contributed by atoms with Gasteiger partial charge in [0.15, 0.2) is 0 Å². The lowest BCUT2D eigenvalue weighted by atomic mass is 10.2. The van der Waals surface area contributed by atoms with Crippen LogP contribution in [0.4, 0.5) is 11.4 Å². The Hall–Kier alpha value is -3.43. The van der Waals surface area contributed by atoms with Crippen molar-refractivity contribution in [3.8, 4) is 5.75 Å². The number of benzene rings is 1. The number of ether oxygens (including phenoxy) is 1. The van der Waals surface area contributed by atoms with Gasteiger partial charge in [-0.1, -0.05) is 0 Å². The number of rotatable bonds is 7. The van der Waals surface area contributed by atoms with Crippen molar-refractivity contribution in [3.63, 3.8) is 0 Å². The summed E-state index contributed by atoms with van der Waals surface area (Å²) in [5.74, 6) is -1.42. The van der Waals surface area contributed by atoms with Crippen LogP contribution in [0.5, 0.6) is 5.75 Å². The molecule has 2 N–H and O–H groups in total. The summed E-state index contributed by atoms with van der Waals surface area (Å²) in [7, 11) is 0. The molecule has 0 aliphatic rings. The number of carboxylic acids is 1. The van der Waals surface area contributed by atoms with E-state index in [0.717, 1.165) is 6.20 Å². The summed E-state index contributed by atoms with van der Waals surface area (Å²) in [6.07, 6.45) is 2.32. The third-order valence-corrected chi connectivity index (χ3v) is 3.36. The number of carboxylic acid groups (broad SMARTS) is 1. The smallest absolute Gasteiger partial charge is 0.338 e. The van der Waals surface area contributed by atoms with Gasteiger partial charge in [-0.2, -0.15) is 5.10 Å². The molecule has 0 bridgehead atoms. The predicted octanol–water partition coefficient (Wildman–Crippen LogP) is 2.09. The minimum absolute atomic E-state index is 0.0101. The van der Waals surface area contributed by atoms with Gasteiger partial charge in [0.1, 0.15) is 17.5 Å². The fraction of sp³-hybridized carbons (Fsp3) is 0.267. The number of aromatic nitrogens is 2. The molecule has 0 aliphatic heterocycles. The Morgan fingerprint density at radius 2 is 2.20 bits per heavy atom. The first-order valence-corrected chi connectivity index (χ1v) is 7.33. The Balaban J connectivity index is 2.21. The molecular weight excluding hydrogens is 332 g/mol. The zero-order chi connectivity index (χ0) is 18.6. The molecule has 1 amide bonds. The van der Waals surface area contributed by atoms with E-state index in [1.807, 2.05) is 0 Å². The Labute approximate surface area is 142 Å². The van der Waals surface area contributed by atoms with Gasteiger partial charge in [-0.25, -0.2) is 4.79 Å². The summed E-state index contributed by atoms with van der Waals surface area (Å²) in [4.78, 5) is 33.7. The number of carbonyl (C=O) groups is 2. The summed E-state index contributed by atoms with van der Waals surface area (Å²) >= 11 is 0. The van der Waals surface area contributed by atoms with Crippen LogP contribution in [-0.4, -0.2) is 38.3 Å². The van der Waals surface area contributed by atoms with Crippen LogP contribution in [0.2, 0.25) is 0 Å². The number of hydrogen-bond acceptors (Lipinski definition) is 6. The zero-order valence-electron chi connectivity index (χ0n) is 13.5. The Kier molecular flexibility index (Phi) is 5.32. The van der Waals surface area contributed by atoms with Crippen molar-refractivity contribution in [3.05, 3.63) is 46.3 Å². The largest absolute Gasteiger partial charge is 0.494 e. The molecule has 0 fully saturated rings. The number of nitro groups is 1. The summed E-state index contributed by atoms with van der Waals surface area (Å²) in [5.41, 5.74) is -0.360. The molecule has 1 atom stereocenters. The van der Waals surface area contributed by atoms with Gasteiger partial charge in [-0.15, -0.1) is 0 Å². The van der Waals surface area contributed by atoms with E-state index in [4.69, 9.17) is 9.84 Å². The number of aromatic carboxylic acids is 1. The fourth-order valence-corrected chi connectivity index (χ4v) is 2.04. The maximum atomic E-state index is 12.3. The highest BCUT2D eigenvalue weighted by atomic mass is 16.6. The van der Waals surface area contributed by atoms with Crippen LogP contribution in [0.3, 0.4) is 0 Å². The number of nitrogens with one attached hydrogen (secondary N) is 1. The first kappa shape index (κ1) is 17.9. The molecule has 1 unspecified atom stereocenters. The molecule has 0 saturated carbocycles. The van der Waals surface area contributed by atoms with Crippen LogP contribution in [-0.2, 0) is 4.79 Å². The molecule has 10 nitrogen and oxygen atoms in total. The second-order valence-corrected chi connectivity index (χ2v) is 5.05. The molecule has 10 heteroatoms. The first-order chi connectivity index (χ1) is 11.8. The van der Waals surface area contributed by atoms with Crippen LogP contribution in [0.25, 0.3) is 0 Å². The highest BCUT2D eigenvalue weighted by molar-refractivity contribution is 5.95. The molecule has 1 heterocycles. The van der Waals surface area contributed by atoms with Gasteiger partial charge in [-0.3, -0.25) is 19.6 Å². The molecule has 2 aromatic rings. The average Bonchev–Trinajstić information content (AvgIpc) is 3.05. The van der Waals surface area contributed by atoms with Crippen molar-refractivity contribution in [2.24, 2.45) is 0 Å². The molecule has 1 aromatic carbocycles. The van der Waals surface area contributed by atoms with Crippen molar-refractivity contribution in [1.29, 1.82) is 0 Å². The molecular formula is C15H16N4O6. The SMILES string of the molecule is CCOc1ccc(NC(=O)C(C)n2cc(C(=O)O)cn2)c([N+](=O)[O-])c1. The maximum absolute atomic E-state index is 12.3. The zero-order valence-corrected chi connectivity index (χ0v) is 13.5. The summed E-state index contributed by atoms with van der Waals surface area (Å²) in [6.45, 7) is 3.60. The van der Waals surface area contributed by atoms with Crippen molar-refractivity contribution in [1.82, 2.24) is 9.78 Å². The van der Waals surface area contributed by atoms with Crippen LogP contribution in [0, 0.1) is 10.1 Å². The van der Waals surface area contributed by atoms with E-state index in [1.54, 1.807) is 6.92 Å². The molecule has 132 valence electrons. The summed E-state index contributed by atoms with van der Waals surface area (Å²) in [5, 5.41) is 26.3. The number of carbonyl (C=O) groups excluding carboxylic acids is 1. The normalized spacial score (nSPS) is 11.6. The predicted molar refractivity (Wildman–Crippen MR) is 86.8 cm³/mol. The van der Waals surface area contributed by atoms with Crippen molar-refractivity contribution in [2.75, 3.05) is 11.9 Å². The molecule has 0 aliphatic carbocycles. The Morgan fingerprint density at radius 1 is 1.48 bits per heavy atom. The van der Waals surface area contributed by atoms with Gasteiger partial charge in [0.25, 0.3) is 5.69 Å². The monoisotopic (exact) mass is 348 g/mol. The lowest BCUT2D eigenvalue weighted by molar-refractivity contribution is -0.384. The number of anilines is 1. The minimum Gasteiger partial charge on any atom is -0.494 e. The van der Waals surface area contributed by atoms with E-state index < -0.39 is 22.8 Å². The van der Waals surface area contributed by atoms with Crippen LogP contribution >= 0.6 is 0 Å². The number of nitrogens with zero attached hydrogens (tertiary/aromatic N) is 3. The number of amides is 1. The molecule has 1 aromatic heterocycles. The van der Waals surface area contributed by atoms with Crippen molar-refractivity contribution >= 4 is 23.3 Å². The Bertz CT molecular complexity index is 816. The van der Waals surface area contributed by atoms with E-state index in [-0.39, 0.29) is 16.9 Å². The molecule has 25 heavy (non-hydrogen) atoms. The van der Waals surface area contributed by atoms with E-state index in [0.29, 0.717) is 12.4 Å². The van der Waals surface area contributed by atoms with Crippen molar-refractivity contribution in [2.45, 2.75) is 19.9 Å². The quantitative estimate of drug-likeness (QED) is 0.577. The topological polar surface area (TPSA) is 137 Å². The van der Waals surface area contributed by atoms with E-state index in [1.165, 1.54) is 36.0 Å². The number of hydrogen-bond donors (Lipinski definition) is 2. The van der Waals surface area contributed by atoms with Gasteiger partial charge < -0.3 is 15.2 Å². The minimum atomic E-state index is -1.17. The van der Waals surface area contributed by atoms with Gasteiger partial charge in [-0.05, 0) is 26.0 Å². The lowest BCUT2D eigenvalue weighted by Gasteiger charge is -2.13.